The standard InChI is InChI=1S/C6H4Cl.C2H2.Li/c7-6-4-2-1-3-5-6;1-2;/h1-2,4-5H;1-2H;. The fourth-order valence-electron chi connectivity index (χ4n) is 0.606. The fourth-order valence-corrected chi connectivity index (χ4v) is 0.850. The van der Waals surface area contributed by atoms with Crippen LogP contribution in [-0.4, -0.2) is 17.7 Å². The Balaban J connectivity index is 0.000000371. The van der Waals surface area contributed by atoms with Crippen LogP contribution in [0.3, 0.4) is 0 Å². The molecule has 10 heavy (non-hydrogen) atoms. The molecule has 0 atom stereocenters. The van der Waals surface area contributed by atoms with Crippen LogP contribution >= 0.6 is 11.6 Å². The van der Waals surface area contributed by atoms with Gasteiger partial charge in [0.2, 0.25) is 0 Å². The molecule has 0 heterocycles. The van der Waals surface area contributed by atoms with Crippen molar-refractivity contribution in [1.82, 2.24) is 0 Å². The molecule has 0 bridgehead atoms. The second kappa shape index (κ2) is 5.45. The molecular formula is C8H6ClLi. The van der Waals surface area contributed by atoms with Gasteiger partial charge in [0, 0.05) is 0 Å². The summed E-state index contributed by atoms with van der Waals surface area (Å²) in [6.45, 7) is 0. The Morgan fingerprint density at radius 3 is 2.20 bits per heavy atom. The van der Waals surface area contributed by atoms with E-state index in [0.29, 0.717) is 0 Å². The predicted molar refractivity (Wildman–Crippen MR) is 46.7 cm³/mol. The second-order valence-corrected chi connectivity index (χ2v) is 2.24. The van der Waals surface area contributed by atoms with Gasteiger partial charge in [0.15, 0.2) is 0 Å². The van der Waals surface area contributed by atoms with Crippen LogP contribution in [0.25, 0.3) is 0 Å². The van der Waals surface area contributed by atoms with Gasteiger partial charge >= 0.3 is 62.8 Å². The summed E-state index contributed by atoms with van der Waals surface area (Å²) in [5, 5.41) is 0.810. The summed E-state index contributed by atoms with van der Waals surface area (Å²) in [6.07, 6.45) is 8.00. The fraction of sp³-hybridized carbons (Fsp3) is 0. The monoisotopic (exact) mass is 144 g/mol. The zero-order valence-corrected chi connectivity index (χ0v) is 6.60. The summed E-state index contributed by atoms with van der Waals surface area (Å²) in [5.41, 5.74) is 0. The summed E-state index contributed by atoms with van der Waals surface area (Å²) in [7, 11) is 0. The Morgan fingerprint density at radius 1 is 1.30 bits per heavy atom. The van der Waals surface area contributed by atoms with E-state index in [1.165, 1.54) is 4.24 Å². The minimum atomic E-state index is 0.810. The van der Waals surface area contributed by atoms with Crippen molar-refractivity contribution in [3.8, 4) is 12.8 Å². The van der Waals surface area contributed by atoms with Gasteiger partial charge in [-0.1, -0.05) is 0 Å². The summed E-state index contributed by atoms with van der Waals surface area (Å²) in [4.78, 5) is 0. The Labute approximate surface area is 75.8 Å². The first kappa shape index (κ1) is 9.67. The average Bonchev–Trinajstić information content (AvgIpc) is 1.91. The quantitative estimate of drug-likeness (QED) is 0.381. The zero-order chi connectivity index (χ0) is 7.98. The molecule has 0 aliphatic carbocycles. The third-order valence-corrected chi connectivity index (χ3v) is 1.22. The Morgan fingerprint density at radius 2 is 1.90 bits per heavy atom. The van der Waals surface area contributed by atoms with E-state index < -0.39 is 0 Å². The molecule has 0 spiro atoms. The molecule has 46 valence electrons. The van der Waals surface area contributed by atoms with Crippen LogP contribution in [0.15, 0.2) is 24.3 Å². The first-order valence-electron chi connectivity index (χ1n) is 2.84. The van der Waals surface area contributed by atoms with E-state index in [1.807, 2.05) is 42.0 Å². The molecule has 1 aromatic carbocycles. The number of hydrogen-bond acceptors (Lipinski definition) is 0. The Hall–Kier alpha value is -0.333. The molecule has 0 N–H and O–H groups in total. The van der Waals surface area contributed by atoms with Crippen molar-refractivity contribution < 1.29 is 0 Å². The number of terminal acetylenes is 1. The summed E-state index contributed by atoms with van der Waals surface area (Å²) in [6, 6.07) is 7.76. The van der Waals surface area contributed by atoms with Gasteiger partial charge in [-0.3, -0.25) is 0 Å². The molecule has 1 rings (SSSR count). The van der Waals surface area contributed by atoms with Crippen molar-refractivity contribution in [3.63, 3.8) is 0 Å². The van der Waals surface area contributed by atoms with E-state index in [2.05, 4.69) is 12.8 Å². The van der Waals surface area contributed by atoms with Gasteiger partial charge < -0.3 is 0 Å². The van der Waals surface area contributed by atoms with Crippen LogP contribution < -0.4 is 4.24 Å². The normalized spacial score (nSPS) is 7.70. The van der Waals surface area contributed by atoms with Gasteiger partial charge in [-0.15, -0.1) is 12.8 Å². The molecular weight excluding hydrogens is 138 g/mol. The second-order valence-electron chi connectivity index (χ2n) is 1.80. The van der Waals surface area contributed by atoms with Crippen LogP contribution in [-0.2, 0) is 0 Å². The average molecular weight is 145 g/mol. The first-order chi connectivity index (χ1) is 4.79. The van der Waals surface area contributed by atoms with Gasteiger partial charge in [0.05, 0.1) is 0 Å². The number of benzene rings is 1. The van der Waals surface area contributed by atoms with Gasteiger partial charge in [-0.05, 0) is 0 Å². The maximum absolute atomic E-state index is 5.64. The number of rotatable bonds is 0. The predicted octanol–water partition coefficient (Wildman–Crippen LogP) is 1.38. The summed E-state index contributed by atoms with van der Waals surface area (Å²) >= 11 is 7.66. The first-order valence-corrected chi connectivity index (χ1v) is 3.22. The molecule has 0 unspecified atom stereocenters. The molecule has 0 radical (unpaired) electrons. The molecule has 0 amide bonds. The van der Waals surface area contributed by atoms with Crippen molar-refractivity contribution >= 4 is 33.6 Å². The zero-order valence-electron chi connectivity index (χ0n) is 5.84. The van der Waals surface area contributed by atoms with Crippen LogP contribution in [0.4, 0.5) is 0 Å². The molecule has 0 aliphatic rings. The van der Waals surface area contributed by atoms with Crippen molar-refractivity contribution in [3.05, 3.63) is 29.3 Å². The van der Waals surface area contributed by atoms with Gasteiger partial charge in [-0.2, -0.15) is 0 Å². The van der Waals surface area contributed by atoms with E-state index >= 15 is 0 Å². The summed E-state index contributed by atoms with van der Waals surface area (Å²) < 4.78 is 1.21. The van der Waals surface area contributed by atoms with Crippen LogP contribution in [0.5, 0.6) is 0 Å². The Bertz CT molecular complexity index is 200. The van der Waals surface area contributed by atoms with Crippen LogP contribution in [0, 0.1) is 12.8 Å². The molecule has 0 saturated carbocycles. The molecule has 0 aliphatic heterocycles. The van der Waals surface area contributed by atoms with Gasteiger partial charge in [-0.25, -0.2) is 0 Å². The Kier molecular flexibility index (Phi) is 5.27. The third kappa shape index (κ3) is 3.65. The van der Waals surface area contributed by atoms with Crippen LogP contribution in [0.1, 0.15) is 0 Å². The topological polar surface area (TPSA) is 0 Å². The van der Waals surface area contributed by atoms with Crippen molar-refractivity contribution in [2.75, 3.05) is 0 Å². The van der Waals surface area contributed by atoms with Crippen LogP contribution in [0.2, 0.25) is 5.02 Å². The van der Waals surface area contributed by atoms with E-state index in [0.717, 1.165) is 5.02 Å². The molecule has 1 aromatic rings. The van der Waals surface area contributed by atoms with E-state index in [-0.39, 0.29) is 0 Å². The SMILES string of the molecule is C#C.[Li][c]1cccc(Cl)c1. The number of hydrogen-bond donors (Lipinski definition) is 0. The number of halogens is 1. The van der Waals surface area contributed by atoms with Crippen molar-refractivity contribution in [1.29, 1.82) is 0 Å². The van der Waals surface area contributed by atoms with E-state index in [1.54, 1.807) is 0 Å². The summed E-state index contributed by atoms with van der Waals surface area (Å²) in [5.74, 6) is 0. The van der Waals surface area contributed by atoms with Crippen molar-refractivity contribution in [2.45, 2.75) is 0 Å². The van der Waals surface area contributed by atoms with E-state index in [9.17, 15) is 0 Å². The third-order valence-electron chi connectivity index (χ3n) is 0.980. The maximum atomic E-state index is 5.64. The van der Waals surface area contributed by atoms with E-state index in [4.69, 9.17) is 11.6 Å². The van der Waals surface area contributed by atoms with Gasteiger partial charge in [0.25, 0.3) is 0 Å². The minimum absolute atomic E-state index is 0.810. The molecule has 0 aromatic heterocycles. The molecule has 0 fully saturated rings. The van der Waals surface area contributed by atoms with Gasteiger partial charge in [0.1, 0.15) is 0 Å². The molecule has 0 saturated heterocycles. The molecule has 0 nitrogen and oxygen atoms in total. The molecule has 2 heteroatoms. The van der Waals surface area contributed by atoms with Crippen molar-refractivity contribution in [2.24, 2.45) is 0 Å².